The van der Waals surface area contributed by atoms with Gasteiger partial charge in [-0.15, -0.1) is 5.10 Å². The van der Waals surface area contributed by atoms with E-state index >= 15 is 0 Å². The Kier molecular flexibility index (Phi) is 3.53. The minimum atomic E-state index is -0.279. The van der Waals surface area contributed by atoms with Crippen LogP contribution in [0.25, 0.3) is 33.8 Å². The zero-order valence-electron chi connectivity index (χ0n) is 13.1. The summed E-state index contributed by atoms with van der Waals surface area (Å²) in [6, 6.07) is 12.0. The van der Waals surface area contributed by atoms with Gasteiger partial charge in [0.05, 0.1) is 5.52 Å². The number of benzene rings is 2. The van der Waals surface area contributed by atoms with Crippen LogP contribution in [0.3, 0.4) is 0 Å². The number of nitrogens with one attached hydrogen (secondary N) is 1. The summed E-state index contributed by atoms with van der Waals surface area (Å²) in [5, 5.41) is 15.5. The van der Waals surface area contributed by atoms with Gasteiger partial charge < -0.3 is 0 Å². The Labute approximate surface area is 137 Å². The van der Waals surface area contributed by atoms with Crippen molar-refractivity contribution in [2.45, 2.75) is 19.9 Å². The summed E-state index contributed by atoms with van der Waals surface area (Å²) in [7, 11) is 0. The maximum atomic E-state index is 13.0. The molecule has 0 atom stereocenters. The third-order valence-corrected chi connectivity index (χ3v) is 3.81. The molecule has 0 spiro atoms. The van der Waals surface area contributed by atoms with Crippen LogP contribution in [-0.4, -0.2) is 30.2 Å². The molecule has 2 aromatic carbocycles. The Morgan fingerprint density at radius 1 is 1.08 bits per heavy atom. The molecule has 2 aromatic heterocycles. The van der Waals surface area contributed by atoms with Gasteiger partial charge in [-0.05, 0) is 48.9 Å². The first-order valence-corrected chi connectivity index (χ1v) is 7.76. The van der Waals surface area contributed by atoms with Gasteiger partial charge in [0.1, 0.15) is 11.3 Å². The van der Waals surface area contributed by atoms with Crippen molar-refractivity contribution in [1.29, 1.82) is 0 Å². The lowest BCUT2D eigenvalue weighted by Gasteiger charge is -1.99. The fourth-order valence-corrected chi connectivity index (χ4v) is 2.62. The summed E-state index contributed by atoms with van der Waals surface area (Å²) in [6.45, 7) is 2.94. The maximum Gasteiger partial charge on any atom is 0.181 e. The third-order valence-electron chi connectivity index (χ3n) is 3.81. The zero-order valence-corrected chi connectivity index (χ0v) is 13.1. The summed E-state index contributed by atoms with van der Waals surface area (Å²) in [5.41, 5.74) is 3.45. The van der Waals surface area contributed by atoms with Crippen LogP contribution in [0.5, 0.6) is 0 Å². The van der Waals surface area contributed by atoms with Gasteiger partial charge in [0.2, 0.25) is 0 Å². The summed E-state index contributed by atoms with van der Waals surface area (Å²) in [4.78, 5) is 4.49. The molecule has 120 valence electrons. The molecule has 0 bridgehead atoms. The Morgan fingerprint density at radius 2 is 1.88 bits per heavy atom. The van der Waals surface area contributed by atoms with Crippen molar-refractivity contribution in [3.05, 3.63) is 48.3 Å². The smallest absolute Gasteiger partial charge is 0.181 e. The van der Waals surface area contributed by atoms with Gasteiger partial charge >= 0.3 is 0 Å². The second kappa shape index (κ2) is 5.84. The molecule has 6 nitrogen and oxygen atoms in total. The summed E-state index contributed by atoms with van der Waals surface area (Å²) >= 11 is 0. The first kappa shape index (κ1) is 14.5. The minimum absolute atomic E-state index is 0.279. The number of rotatable bonds is 4. The van der Waals surface area contributed by atoms with Crippen molar-refractivity contribution in [2.24, 2.45) is 0 Å². The molecule has 2 heterocycles. The second-order valence-corrected chi connectivity index (χ2v) is 5.53. The number of H-pyrrole nitrogens is 1. The molecule has 0 saturated carbocycles. The lowest BCUT2D eigenvalue weighted by atomic mass is 10.2. The predicted octanol–water partition coefficient (Wildman–Crippen LogP) is 3.43. The van der Waals surface area contributed by atoms with Crippen molar-refractivity contribution < 1.29 is 4.39 Å². The van der Waals surface area contributed by atoms with Crippen LogP contribution in [0.1, 0.15) is 13.3 Å². The Balaban J connectivity index is 1.69. The SMILES string of the molecule is CCCn1nnc2cc(-c3n[nH]c(-c4ccc(F)cc4)n3)ccc21. The second-order valence-electron chi connectivity index (χ2n) is 5.53. The number of aryl methyl sites for hydroxylation is 1. The lowest BCUT2D eigenvalue weighted by molar-refractivity contribution is 0.596. The molecule has 0 saturated heterocycles. The van der Waals surface area contributed by atoms with Gasteiger partial charge in [0.25, 0.3) is 0 Å². The largest absolute Gasteiger partial charge is 0.259 e. The van der Waals surface area contributed by atoms with Gasteiger partial charge in [-0.1, -0.05) is 12.1 Å². The number of aromatic amines is 1. The zero-order chi connectivity index (χ0) is 16.5. The van der Waals surface area contributed by atoms with Crippen LogP contribution in [0.15, 0.2) is 42.5 Å². The Bertz CT molecular complexity index is 986. The molecule has 24 heavy (non-hydrogen) atoms. The highest BCUT2D eigenvalue weighted by Crippen LogP contribution is 2.23. The van der Waals surface area contributed by atoms with Crippen molar-refractivity contribution in [2.75, 3.05) is 0 Å². The molecule has 0 aliphatic rings. The first-order valence-electron chi connectivity index (χ1n) is 7.76. The highest BCUT2D eigenvalue weighted by molar-refractivity contribution is 5.80. The molecule has 4 aromatic rings. The molecule has 0 unspecified atom stereocenters. The molecule has 0 aliphatic heterocycles. The van der Waals surface area contributed by atoms with E-state index in [1.165, 1.54) is 12.1 Å². The van der Waals surface area contributed by atoms with E-state index in [0.29, 0.717) is 11.6 Å². The van der Waals surface area contributed by atoms with Crippen LogP contribution in [0.4, 0.5) is 4.39 Å². The van der Waals surface area contributed by atoms with Crippen LogP contribution < -0.4 is 0 Å². The number of hydrogen-bond acceptors (Lipinski definition) is 4. The highest BCUT2D eigenvalue weighted by Gasteiger charge is 2.11. The molecular formula is C17H15FN6. The van der Waals surface area contributed by atoms with Crippen molar-refractivity contribution >= 4 is 11.0 Å². The average molecular weight is 322 g/mol. The fraction of sp³-hybridized carbons (Fsp3) is 0.176. The van der Waals surface area contributed by atoms with Crippen LogP contribution >= 0.6 is 0 Å². The molecule has 0 fully saturated rings. The van der Waals surface area contributed by atoms with E-state index in [2.05, 4.69) is 32.4 Å². The van der Waals surface area contributed by atoms with E-state index in [1.54, 1.807) is 12.1 Å². The van der Waals surface area contributed by atoms with Gasteiger partial charge in [0, 0.05) is 17.7 Å². The Hall–Kier alpha value is -3.09. The van der Waals surface area contributed by atoms with Gasteiger partial charge in [-0.2, -0.15) is 5.10 Å². The van der Waals surface area contributed by atoms with Crippen LogP contribution in [-0.2, 0) is 6.54 Å². The van der Waals surface area contributed by atoms with E-state index < -0.39 is 0 Å². The number of halogens is 1. The molecule has 0 aliphatic carbocycles. The maximum absolute atomic E-state index is 13.0. The van der Waals surface area contributed by atoms with Crippen molar-refractivity contribution in [1.82, 2.24) is 30.2 Å². The normalized spacial score (nSPS) is 11.2. The molecule has 7 heteroatoms. The molecule has 4 rings (SSSR count). The Morgan fingerprint density at radius 3 is 2.67 bits per heavy atom. The standard InChI is InChI=1S/C17H15FN6/c1-2-9-24-15-8-5-12(10-14(15)20-23-24)17-19-16(21-22-17)11-3-6-13(18)7-4-11/h3-8,10H,2,9H2,1H3,(H,19,21,22). The highest BCUT2D eigenvalue weighted by atomic mass is 19.1. The van der Waals surface area contributed by atoms with Crippen LogP contribution in [0, 0.1) is 5.82 Å². The van der Waals surface area contributed by atoms with Crippen molar-refractivity contribution in [3.63, 3.8) is 0 Å². The van der Waals surface area contributed by atoms with Gasteiger partial charge in [-0.25, -0.2) is 14.1 Å². The van der Waals surface area contributed by atoms with E-state index in [4.69, 9.17) is 0 Å². The van der Waals surface area contributed by atoms with Gasteiger partial charge in [0.15, 0.2) is 11.6 Å². The molecule has 0 radical (unpaired) electrons. The van der Waals surface area contributed by atoms with E-state index in [-0.39, 0.29) is 5.82 Å². The predicted molar refractivity (Wildman–Crippen MR) is 88.6 cm³/mol. The van der Waals surface area contributed by atoms with E-state index in [9.17, 15) is 4.39 Å². The summed E-state index contributed by atoms with van der Waals surface area (Å²) < 4.78 is 14.9. The lowest BCUT2D eigenvalue weighted by Crippen LogP contribution is -1.98. The number of fused-ring (bicyclic) bond motifs is 1. The summed E-state index contributed by atoms with van der Waals surface area (Å²) in [6.07, 6.45) is 1.00. The first-order chi connectivity index (χ1) is 11.7. The number of aromatic nitrogens is 6. The van der Waals surface area contributed by atoms with Crippen molar-refractivity contribution in [3.8, 4) is 22.8 Å². The monoisotopic (exact) mass is 322 g/mol. The minimum Gasteiger partial charge on any atom is -0.259 e. The molecular weight excluding hydrogens is 307 g/mol. The summed E-state index contributed by atoms with van der Waals surface area (Å²) in [5.74, 6) is 0.889. The van der Waals surface area contributed by atoms with Gasteiger partial charge in [-0.3, -0.25) is 5.10 Å². The molecule has 1 N–H and O–H groups in total. The number of hydrogen-bond donors (Lipinski definition) is 1. The third kappa shape index (κ3) is 2.54. The van der Waals surface area contributed by atoms with Crippen LogP contribution in [0.2, 0.25) is 0 Å². The fourth-order valence-electron chi connectivity index (χ4n) is 2.62. The molecule has 0 amide bonds. The van der Waals surface area contributed by atoms with E-state index in [0.717, 1.165) is 35.1 Å². The number of nitrogens with zero attached hydrogens (tertiary/aromatic N) is 5. The average Bonchev–Trinajstić information content (AvgIpc) is 3.23. The quantitative estimate of drug-likeness (QED) is 0.625. The topological polar surface area (TPSA) is 72.3 Å². The van der Waals surface area contributed by atoms with E-state index in [1.807, 2.05) is 22.9 Å².